The van der Waals surface area contributed by atoms with Gasteiger partial charge in [-0.25, -0.2) is 17.6 Å². The lowest BCUT2D eigenvalue weighted by atomic mass is 9.79. The Labute approximate surface area is 185 Å². The van der Waals surface area contributed by atoms with Gasteiger partial charge in [-0.3, -0.25) is 0 Å². The SMILES string of the molecule is CCCC1CCC(C(F)(F)Oc2ccc(C(F)(F)Oc3cc(F)c(F)c(F)c3)c(F)c2)CC1. The van der Waals surface area contributed by atoms with Crippen LogP contribution in [0.15, 0.2) is 30.3 Å². The molecule has 0 atom stereocenters. The van der Waals surface area contributed by atoms with Crippen molar-refractivity contribution >= 4 is 0 Å². The fourth-order valence-corrected chi connectivity index (χ4v) is 4.03. The van der Waals surface area contributed by atoms with Gasteiger partial charge in [-0.2, -0.15) is 17.6 Å². The molecule has 2 nitrogen and oxygen atoms in total. The first-order valence-corrected chi connectivity index (χ1v) is 10.5. The fraction of sp³-hybridized carbons (Fsp3) is 0.478. The molecule has 3 rings (SSSR count). The van der Waals surface area contributed by atoms with Crippen LogP contribution in [0.4, 0.5) is 35.1 Å². The second kappa shape index (κ2) is 9.77. The zero-order valence-corrected chi connectivity index (χ0v) is 17.6. The highest BCUT2D eigenvalue weighted by Gasteiger charge is 2.44. The van der Waals surface area contributed by atoms with E-state index < -0.39 is 58.5 Å². The average molecular weight is 482 g/mol. The molecule has 0 aliphatic heterocycles. The monoisotopic (exact) mass is 482 g/mol. The summed E-state index contributed by atoms with van der Waals surface area (Å²) in [5.41, 5.74) is -1.39. The molecule has 0 radical (unpaired) electrons. The fourth-order valence-electron chi connectivity index (χ4n) is 4.03. The molecule has 33 heavy (non-hydrogen) atoms. The van der Waals surface area contributed by atoms with Crippen LogP contribution in [0.5, 0.6) is 11.5 Å². The molecular formula is C23H22F8O2. The van der Waals surface area contributed by atoms with E-state index in [-0.39, 0.29) is 25.0 Å². The lowest BCUT2D eigenvalue weighted by Gasteiger charge is -2.33. The van der Waals surface area contributed by atoms with E-state index in [0.717, 1.165) is 18.9 Å². The normalized spacial score (nSPS) is 19.4. The summed E-state index contributed by atoms with van der Waals surface area (Å²) >= 11 is 0. The first-order valence-electron chi connectivity index (χ1n) is 10.5. The molecule has 0 amide bonds. The van der Waals surface area contributed by atoms with E-state index in [9.17, 15) is 35.1 Å². The Hall–Kier alpha value is -2.52. The van der Waals surface area contributed by atoms with Gasteiger partial charge in [-0.1, -0.05) is 19.8 Å². The Morgan fingerprint density at radius 2 is 1.36 bits per heavy atom. The maximum atomic E-state index is 14.6. The minimum Gasteiger partial charge on any atom is -0.432 e. The maximum absolute atomic E-state index is 14.6. The minimum atomic E-state index is -4.44. The molecule has 0 bridgehead atoms. The molecule has 1 aliphatic rings. The second-order valence-corrected chi connectivity index (χ2v) is 8.13. The molecule has 0 spiro atoms. The first-order chi connectivity index (χ1) is 15.4. The third-order valence-electron chi connectivity index (χ3n) is 5.73. The first kappa shape index (κ1) is 25.1. The van der Waals surface area contributed by atoms with Gasteiger partial charge in [-0.05, 0) is 43.7 Å². The predicted octanol–water partition coefficient (Wildman–Crippen LogP) is 7.95. The van der Waals surface area contributed by atoms with Crippen LogP contribution < -0.4 is 9.47 Å². The summed E-state index contributed by atoms with van der Waals surface area (Å²) in [6, 6.07) is 1.87. The highest BCUT2D eigenvalue weighted by atomic mass is 19.3. The lowest BCUT2D eigenvalue weighted by Crippen LogP contribution is -2.37. The summed E-state index contributed by atoms with van der Waals surface area (Å²) < 4.78 is 120. The van der Waals surface area contributed by atoms with Gasteiger partial charge in [0.15, 0.2) is 17.5 Å². The van der Waals surface area contributed by atoms with Gasteiger partial charge < -0.3 is 9.47 Å². The van der Waals surface area contributed by atoms with Crippen molar-refractivity contribution in [2.45, 2.75) is 57.7 Å². The quantitative estimate of drug-likeness (QED) is 0.281. The molecule has 1 fully saturated rings. The Morgan fingerprint density at radius 3 is 1.91 bits per heavy atom. The largest absolute Gasteiger partial charge is 0.432 e. The minimum absolute atomic E-state index is 0.164. The van der Waals surface area contributed by atoms with Crippen LogP contribution in [0.2, 0.25) is 0 Å². The number of hydrogen-bond donors (Lipinski definition) is 0. The average Bonchev–Trinajstić information content (AvgIpc) is 2.72. The van der Waals surface area contributed by atoms with Gasteiger partial charge in [-0.15, -0.1) is 0 Å². The molecule has 0 N–H and O–H groups in total. The van der Waals surface area contributed by atoms with Crippen LogP contribution in [0.25, 0.3) is 0 Å². The van der Waals surface area contributed by atoms with Crippen LogP contribution in [-0.4, -0.2) is 6.11 Å². The third kappa shape index (κ3) is 5.89. The number of alkyl halides is 4. The summed E-state index contributed by atoms with van der Waals surface area (Å²) in [5.74, 6) is -9.55. The molecule has 2 aromatic carbocycles. The molecule has 2 aromatic rings. The summed E-state index contributed by atoms with van der Waals surface area (Å²) in [4.78, 5) is 0. The van der Waals surface area contributed by atoms with Crippen molar-refractivity contribution in [3.05, 3.63) is 59.2 Å². The van der Waals surface area contributed by atoms with Gasteiger partial charge >= 0.3 is 12.2 Å². The van der Waals surface area contributed by atoms with Gasteiger partial charge in [0.25, 0.3) is 0 Å². The van der Waals surface area contributed by atoms with Crippen LogP contribution in [0.1, 0.15) is 51.0 Å². The van der Waals surface area contributed by atoms with Crippen LogP contribution >= 0.6 is 0 Å². The van der Waals surface area contributed by atoms with E-state index in [1.807, 2.05) is 6.92 Å². The molecule has 1 saturated carbocycles. The maximum Gasteiger partial charge on any atom is 0.429 e. The highest BCUT2D eigenvalue weighted by Crippen LogP contribution is 2.42. The summed E-state index contributed by atoms with van der Waals surface area (Å²) in [5, 5.41) is 0. The standard InChI is InChI=1S/C23H22F8O2/c1-2-3-13-4-6-14(7-5-13)22(28,29)32-15-8-9-17(18(24)10-15)23(30,31)33-16-11-19(25)21(27)20(26)12-16/h8-14H,2-7H2,1H3. The Kier molecular flexibility index (Phi) is 7.43. The number of rotatable bonds is 8. The van der Waals surface area contributed by atoms with E-state index in [2.05, 4.69) is 9.47 Å². The van der Waals surface area contributed by atoms with Crippen LogP contribution in [0, 0.1) is 35.1 Å². The molecule has 0 heterocycles. The van der Waals surface area contributed by atoms with Crippen molar-refractivity contribution in [2.24, 2.45) is 11.8 Å². The molecule has 1 aliphatic carbocycles. The second-order valence-electron chi connectivity index (χ2n) is 8.13. The van der Waals surface area contributed by atoms with Crippen molar-refractivity contribution < 1.29 is 44.6 Å². The van der Waals surface area contributed by atoms with Gasteiger partial charge in [0, 0.05) is 18.2 Å². The Morgan fingerprint density at radius 1 is 0.788 bits per heavy atom. The smallest absolute Gasteiger partial charge is 0.429 e. The van der Waals surface area contributed by atoms with Crippen LogP contribution in [-0.2, 0) is 6.11 Å². The molecule has 0 unspecified atom stereocenters. The van der Waals surface area contributed by atoms with Gasteiger partial charge in [0.05, 0.1) is 5.92 Å². The Bertz CT molecular complexity index is 948. The van der Waals surface area contributed by atoms with E-state index >= 15 is 0 Å². The van der Waals surface area contributed by atoms with Crippen molar-refractivity contribution in [1.82, 2.24) is 0 Å². The Balaban J connectivity index is 1.71. The summed E-state index contributed by atoms with van der Waals surface area (Å²) in [6.45, 7) is 2.02. The zero-order valence-electron chi connectivity index (χ0n) is 17.6. The van der Waals surface area contributed by atoms with E-state index in [1.54, 1.807) is 0 Å². The number of halogens is 8. The van der Waals surface area contributed by atoms with E-state index in [0.29, 0.717) is 30.9 Å². The molecular weight excluding hydrogens is 460 g/mol. The molecule has 0 aromatic heterocycles. The predicted molar refractivity (Wildman–Crippen MR) is 103 cm³/mol. The molecule has 182 valence electrons. The molecule has 10 heteroatoms. The lowest BCUT2D eigenvalue weighted by molar-refractivity contribution is -0.223. The van der Waals surface area contributed by atoms with Crippen molar-refractivity contribution in [3.63, 3.8) is 0 Å². The van der Waals surface area contributed by atoms with Crippen LogP contribution in [0.3, 0.4) is 0 Å². The van der Waals surface area contributed by atoms with Gasteiger partial charge in [0.1, 0.15) is 22.9 Å². The van der Waals surface area contributed by atoms with E-state index in [4.69, 9.17) is 0 Å². The van der Waals surface area contributed by atoms with E-state index in [1.165, 1.54) is 0 Å². The van der Waals surface area contributed by atoms with Crippen molar-refractivity contribution in [3.8, 4) is 11.5 Å². The van der Waals surface area contributed by atoms with Crippen molar-refractivity contribution in [1.29, 1.82) is 0 Å². The summed E-state index contributed by atoms with van der Waals surface area (Å²) in [7, 11) is 0. The zero-order chi connectivity index (χ0) is 24.4. The number of ether oxygens (including phenoxy) is 2. The molecule has 0 saturated heterocycles. The summed E-state index contributed by atoms with van der Waals surface area (Å²) in [6.07, 6.45) is -4.43. The third-order valence-corrected chi connectivity index (χ3v) is 5.73. The number of hydrogen-bond acceptors (Lipinski definition) is 2. The highest BCUT2D eigenvalue weighted by molar-refractivity contribution is 5.32. The van der Waals surface area contributed by atoms with Gasteiger partial charge in [0.2, 0.25) is 0 Å². The number of benzene rings is 2. The topological polar surface area (TPSA) is 18.5 Å². The van der Waals surface area contributed by atoms with Crippen molar-refractivity contribution in [2.75, 3.05) is 0 Å².